The molecule has 10 aromatic rings. The molecule has 0 amide bonds. The Balaban J connectivity index is 1.20. The predicted molar refractivity (Wildman–Crippen MR) is 196 cm³/mol. The highest BCUT2D eigenvalue weighted by Gasteiger charge is 2.18. The number of nitrogens with zero attached hydrogens (tertiary/aromatic N) is 4. The second-order valence-electron chi connectivity index (χ2n) is 12.0. The molecular formula is C42H24N4S. The highest BCUT2D eigenvalue weighted by molar-refractivity contribution is 7.25. The van der Waals surface area contributed by atoms with Gasteiger partial charge in [0.25, 0.3) is 0 Å². The lowest BCUT2D eigenvalue weighted by molar-refractivity contribution is 1.17. The van der Waals surface area contributed by atoms with Gasteiger partial charge in [0.2, 0.25) is 0 Å². The third-order valence-electron chi connectivity index (χ3n) is 9.34. The molecule has 0 aliphatic carbocycles. The normalized spacial score (nSPS) is 11.8. The number of hydrogen-bond donors (Lipinski definition) is 0. The van der Waals surface area contributed by atoms with Crippen LogP contribution in [0.3, 0.4) is 0 Å². The molecule has 0 aliphatic rings. The zero-order chi connectivity index (χ0) is 31.1. The standard InChI is InChI=1S/C42H24N4S/c43-25-26-19-28(22-30(20-26)46-36-14-4-1-11-31(36)32-12-2-5-15-37(32)46)27-9-7-10-29(21-27)45-38-16-8-18-44-42(38)35-23-34-33-13-3-6-17-40(33)47-41(34)24-39(35)45/h1-24H. The van der Waals surface area contributed by atoms with Gasteiger partial charge >= 0.3 is 0 Å². The van der Waals surface area contributed by atoms with Crippen molar-refractivity contribution in [3.8, 4) is 28.6 Å². The summed E-state index contributed by atoms with van der Waals surface area (Å²) < 4.78 is 7.15. The first-order chi connectivity index (χ1) is 23.2. The van der Waals surface area contributed by atoms with E-state index >= 15 is 0 Å². The van der Waals surface area contributed by atoms with Crippen LogP contribution in [0.1, 0.15) is 5.56 Å². The fourth-order valence-corrected chi connectivity index (χ4v) is 8.45. The molecule has 0 unspecified atom stereocenters. The molecular weight excluding hydrogens is 593 g/mol. The van der Waals surface area contributed by atoms with Gasteiger partial charge in [0, 0.05) is 53.9 Å². The zero-order valence-electron chi connectivity index (χ0n) is 25.1. The SMILES string of the molecule is N#Cc1cc(-c2cccc(-n3c4cc5sc6ccccc6c5cc4c4ncccc43)c2)cc(-n2c3ccccc3c3ccccc32)c1. The number of hydrogen-bond acceptors (Lipinski definition) is 3. The van der Waals surface area contributed by atoms with E-state index in [9.17, 15) is 5.26 Å². The van der Waals surface area contributed by atoms with E-state index in [2.05, 4.69) is 137 Å². The van der Waals surface area contributed by atoms with Crippen molar-refractivity contribution in [1.29, 1.82) is 5.26 Å². The summed E-state index contributed by atoms with van der Waals surface area (Å²) in [4.78, 5) is 4.86. The van der Waals surface area contributed by atoms with E-state index < -0.39 is 0 Å². The molecule has 0 fully saturated rings. The first kappa shape index (κ1) is 26.0. The van der Waals surface area contributed by atoms with Crippen LogP contribution in [0, 0.1) is 11.3 Å². The average molecular weight is 617 g/mol. The van der Waals surface area contributed by atoms with Crippen LogP contribution >= 0.6 is 11.3 Å². The van der Waals surface area contributed by atoms with E-state index in [4.69, 9.17) is 4.98 Å². The molecule has 4 nitrogen and oxygen atoms in total. The highest BCUT2D eigenvalue weighted by Crippen LogP contribution is 2.41. The lowest BCUT2D eigenvalue weighted by Crippen LogP contribution is -1.97. The van der Waals surface area contributed by atoms with E-state index in [1.54, 1.807) is 0 Å². The summed E-state index contributed by atoms with van der Waals surface area (Å²) in [6, 6.07) is 51.6. The fraction of sp³-hybridized carbons (Fsp3) is 0. The Morgan fingerprint density at radius 2 is 1.19 bits per heavy atom. The van der Waals surface area contributed by atoms with Crippen molar-refractivity contribution >= 4 is 75.3 Å². The van der Waals surface area contributed by atoms with Crippen molar-refractivity contribution in [3.63, 3.8) is 0 Å². The van der Waals surface area contributed by atoms with Gasteiger partial charge in [-0.15, -0.1) is 11.3 Å². The largest absolute Gasteiger partial charge is 0.309 e. The number of nitriles is 1. The van der Waals surface area contributed by atoms with Gasteiger partial charge < -0.3 is 9.13 Å². The van der Waals surface area contributed by atoms with Gasteiger partial charge in [-0.3, -0.25) is 4.98 Å². The molecule has 0 N–H and O–H groups in total. The number of rotatable bonds is 3. The summed E-state index contributed by atoms with van der Waals surface area (Å²) in [6.45, 7) is 0. The van der Waals surface area contributed by atoms with E-state index in [1.165, 1.54) is 30.9 Å². The number of pyridine rings is 1. The average Bonchev–Trinajstić information content (AvgIpc) is 3.77. The molecule has 4 aromatic heterocycles. The van der Waals surface area contributed by atoms with Crippen molar-refractivity contribution in [2.45, 2.75) is 0 Å². The molecule has 0 radical (unpaired) electrons. The zero-order valence-corrected chi connectivity index (χ0v) is 25.9. The minimum absolute atomic E-state index is 0.623. The molecule has 0 spiro atoms. The van der Waals surface area contributed by atoms with E-state index in [0.717, 1.165) is 55.5 Å². The lowest BCUT2D eigenvalue weighted by Gasteiger charge is -2.13. The van der Waals surface area contributed by atoms with Gasteiger partial charge in [0.1, 0.15) is 0 Å². The summed E-state index contributed by atoms with van der Waals surface area (Å²) in [5.41, 5.74) is 10.1. The molecule has 0 saturated heterocycles. The number of fused-ring (bicyclic) bond motifs is 9. The van der Waals surface area contributed by atoms with Gasteiger partial charge in [0.15, 0.2) is 0 Å². The van der Waals surface area contributed by atoms with Crippen molar-refractivity contribution in [2.24, 2.45) is 0 Å². The summed E-state index contributed by atoms with van der Waals surface area (Å²) in [5, 5.41) is 16.2. The van der Waals surface area contributed by atoms with Crippen LogP contribution in [0.4, 0.5) is 0 Å². The summed E-state index contributed by atoms with van der Waals surface area (Å²) in [7, 11) is 0. The molecule has 6 aromatic carbocycles. The van der Waals surface area contributed by atoms with Gasteiger partial charge in [-0.25, -0.2) is 0 Å². The molecule has 0 bridgehead atoms. The van der Waals surface area contributed by atoms with Crippen LogP contribution in [-0.4, -0.2) is 14.1 Å². The first-order valence-corrected chi connectivity index (χ1v) is 16.4. The summed E-state index contributed by atoms with van der Waals surface area (Å²) >= 11 is 1.83. The van der Waals surface area contributed by atoms with Gasteiger partial charge in [-0.05, 0) is 83.9 Å². The number of benzene rings is 6. The molecule has 10 rings (SSSR count). The van der Waals surface area contributed by atoms with Gasteiger partial charge in [0.05, 0.1) is 39.2 Å². The smallest absolute Gasteiger partial charge is 0.0992 e. The van der Waals surface area contributed by atoms with E-state index in [1.807, 2.05) is 35.7 Å². The first-order valence-electron chi connectivity index (χ1n) is 15.6. The molecule has 4 heterocycles. The highest BCUT2D eigenvalue weighted by atomic mass is 32.1. The Kier molecular flexibility index (Phi) is 5.48. The number of aromatic nitrogens is 3. The van der Waals surface area contributed by atoms with Crippen LogP contribution in [0.5, 0.6) is 0 Å². The molecule has 0 aliphatic heterocycles. The third kappa shape index (κ3) is 3.83. The third-order valence-corrected chi connectivity index (χ3v) is 10.5. The fourth-order valence-electron chi connectivity index (χ4n) is 7.32. The van der Waals surface area contributed by atoms with Crippen LogP contribution < -0.4 is 0 Å². The number of para-hydroxylation sites is 2. The van der Waals surface area contributed by atoms with Crippen molar-refractivity contribution in [1.82, 2.24) is 14.1 Å². The maximum Gasteiger partial charge on any atom is 0.0992 e. The predicted octanol–water partition coefficient (Wildman–Crippen LogP) is 11.2. The van der Waals surface area contributed by atoms with Crippen molar-refractivity contribution in [2.75, 3.05) is 0 Å². The Morgan fingerprint density at radius 1 is 0.489 bits per heavy atom. The van der Waals surface area contributed by atoms with Crippen molar-refractivity contribution in [3.05, 3.63) is 151 Å². The Bertz CT molecular complexity index is 2880. The van der Waals surface area contributed by atoms with Gasteiger partial charge in [-0.1, -0.05) is 66.7 Å². The van der Waals surface area contributed by atoms with Crippen LogP contribution in [-0.2, 0) is 0 Å². The molecule has 47 heavy (non-hydrogen) atoms. The molecule has 0 atom stereocenters. The lowest BCUT2D eigenvalue weighted by atomic mass is 10.0. The molecule has 5 heteroatoms. The minimum Gasteiger partial charge on any atom is -0.309 e. The summed E-state index contributed by atoms with van der Waals surface area (Å²) in [5.74, 6) is 0. The van der Waals surface area contributed by atoms with Crippen LogP contribution in [0.15, 0.2) is 146 Å². The minimum atomic E-state index is 0.623. The maximum atomic E-state index is 10.2. The Hall–Kier alpha value is -6.22. The second-order valence-corrected chi connectivity index (χ2v) is 13.1. The monoisotopic (exact) mass is 616 g/mol. The maximum absolute atomic E-state index is 10.2. The molecule has 218 valence electrons. The quantitative estimate of drug-likeness (QED) is 0.198. The van der Waals surface area contributed by atoms with Crippen molar-refractivity contribution < 1.29 is 0 Å². The second kappa shape index (κ2) is 9.89. The Labute approximate surface area is 273 Å². The number of thiophene rings is 1. The van der Waals surface area contributed by atoms with Crippen LogP contribution in [0.2, 0.25) is 0 Å². The van der Waals surface area contributed by atoms with E-state index in [0.29, 0.717) is 5.56 Å². The topological polar surface area (TPSA) is 46.5 Å². The summed E-state index contributed by atoms with van der Waals surface area (Å²) in [6.07, 6.45) is 1.88. The Morgan fingerprint density at radius 3 is 2.00 bits per heavy atom. The van der Waals surface area contributed by atoms with Gasteiger partial charge in [-0.2, -0.15) is 5.26 Å². The van der Waals surface area contributed by atoms with Crippen LogP contribution in [0.25, 0.3) is 86.4 Å². The van der Waals surface area contributed by atoms with E-state index in [-0.39, 0.29) is 0 Å². The molecule has 0 saturated carbocycles.